The maximum absolute atomic E-state index is 13.6. The van der Waals surface area contributed by atoms with Crippen LogP contribution in [-0.2, 0) is 14.4 Å². The van der Waals surface area contributed by atoms with Gasteiger partial charge in [-0.05, 0) is 23.6 Å². The third-order valence-electron chi connectivity index (χ3n) is 3.98. The molecule has 156 valence electrons. The van der Waals surface area contributed by atoms with E-state index in [1.54, 1.807) is 0 Å². The fourth-order valence-electron chi connectivity index (χ4n) is 2.69. The zero-order valence-corrected chi connectivity index (χ0v) is 15.5. The third-order valence-corrected chi connectivity index (χ3v) is 5.14. The molecule has 3 aromatic carbocycles. The lowest BCUT2D eigenvalue weighted by Gasteiger charge is -2.13. The molecular formula is C18H11F3N2O6S. The molecule has 0 spiro atoms. The number of rotatable bonds is 5. The molecule has 3 rings (SSSR count). The normalized spacial score (nSPS) is 12.7. The van der Waals surface area contributed by atoms with Crippen LogP contribution in [-0.4, -0.2) is 30.3 Å². The summed E-state index contributed by atoms with van der Waals surface area (Å²) in [5, 5.41) is 23.7. The Hall–Kier alpha value is -3.67. The second kappa shape index (κ2) is 7.63. The monoisotopic (exact) mass is 440 g/mol. The summed E-state index contributed by atoms with van der Waals surface area (Å²) in [6.07, 6.45) is -5.14. The molecule has 0 saturated heterocycles. The highest BCUT2D eigenvalue weighted by Crippen LogP contribution is 2.33. The number of nitro benzene ring substituents is 1. The van der Waals surface area contributed by atoms with Crippen molar-refractivity contribution in [2.45, 2.75) is 11.1 Å². The number of oxime groups is 1. The van der Waals surface area contributed by atoms with Gasteiger partial charge in [-0.3, -0.25) is 14.4 Å². The van der Waals surface area contributed by atoms with Crippen molar-refractivity contribution in [1.82, 2.24) is 0 Å². The lowest BCUT2D eigenvalue weighted by molar-refractivity contribution is -0.387. The van der Waals surface area contributed by atoms with Crippen LogP contribution in [0.25, 0.3) is 10.8 Å². The fraction of sp³-hybridized carbons (Fsp3) is 0.0556. The first-order chi connectivity index (χ1) is 14.0. The van der Waals surface area contributed by atoms with Crippen molar-refractivity contribution >= 4 is 32.3 Å². The molecule has 0 atom stereocenters. The Bertz CT molecular complexity index is 1270. The molecule has 0 saturated carbocycles. The second-order valence-corrected chi connectivity index (χ2v) is 7.37. The minimum atomic E-state index is -5.14. The van der Waals surface area contributed by atoms with E-state index in [4.69, 9.17) is 0 Å². The van der Waals surface area contributed by atoms with Crippen molar-refractivity contribution in [3.8, 4) is 5.75 Å². The lowest BCUT2D eigenvalue weighted by Crippen LogP contribution is -2.25. The highest BCUT2D eigenvalue weighted by Gasteiger charge is 2.40. The van der Waals surface area contributed by atoms with Crippen LogP contribution in [0.1, 0.15) is 5.56 Å². The Kier molecular flexibility index (Phi) is 5.35. The highest BCUT2D eigenvalue weighted by molar-refractivity contribution is 7.86. The molecule has 0 aliphatic heterocycles. The fourth-order valence-corrected chi connectivity index (χ4v) is 3.59. The number of alkyl halides is 3. The van der Waals surface area contributed by atoms with Gasteiger partial charge in [-0.2, -0.15) is 21.6 Å². The summed E-state index contributed by atoms with van der Waals surface area (Å²) in [6, 6.07) is 11.5. The predicted octanol–water partition coefficient (Wildman–Crippen LogP) is 4.13. The average Bonchev–Trinajstić information content (AvgIpc) is 2.69. The molecule has 3 aromatic rings. The van der Waals surface area contributed by atoms with E-state index in [-0.39, 0.29) is 16.5 Å². The molecule has 0 aromatic heterocycles. The van der Waals surface area contributed by atoms with E-state index in [1.807, 2.05) is 0 Å². The van der Waals surface area contributed by atoms with E-state index in [1.165, 1.54) is 30.3 Å². The van der Waals surface area contributed by atoms with Crippen molar-refractivity contribution in [1.29, 1.82) is 0 Å². The topological polar surface area (TPSA) is 119 Å². The van der Waals surface area contributed by atoms with E-state index in [9.17, 15) is 36.8 Å². The van der Waals surface area contributed by atoms with Gasteiger partial charge in [-0.25, -0.2) is 0 Å². The number of para-hydroxylation sites is 1. The molecule has 0 heterocycles. The summed E-state index contributed by atoms with van der Waals surface area (Å²) in [7, 11) is -5.04. The van der Waals surface area contributed by atoms with Crippen molar-refractivity contribution in [3.05, 3.63) is 76.3 Å². The summed E-state index contributed by atoms with van der Waals surface area (Å²) < 4.78 is 69.7. The zero-order chi connectivity index (χ0) is 22.1. The molecule has 0 unspecified atom stereocenters. The van der Waals surface area contributed by atoms with E-state index in [0.29, 0.717) is 0 Å². The van der Waals surface area contributed by atoms with E-state index in [2.05, 4.69) is 9.44 Å². The third kappa shape index (κ3) is 4.03. The number of hydrogen-bond acceptors (Lipinski definition) is 7. The zero-order valence-electron chi connectivity index (χ0n) is 14.7. The van der Waals surface area contributed by atoms with Gasteiger partial charge in [0.1, 0.15) is 5.75 Å². The van der Waals surface area contributed by atoms with Crippen molar-refractivity contribution in [2.75, 3.05) is 0 Å². The van der Waals surface area contributed by atoms with Crippen molar-refractivity contribution < 1.29 is 35.9 Å². The largest absolute Gasteiger partial charge is 0.507 e. The SMILES string of the molecule is O=[N+]([O-])c1ccccc1S(=O)(=O)ON=C(c1ccc(O)c2ccccc12)C(F)(F)F. The summed E-state index contributed by atoms with van der Waals surface area (Å²) in [4.78, 5) is 9.05. The number of phenolic OH excluding ortho intramolecular Hbond substituents is 1. The van der Waals surface area contributed by atoms with Gasteiger partial charge in [0.15, 0.2) is 10.6 Å². The molecule has 0 aliphatic rings. The van der Waals surface area contributed by atoms with Gasteiger partial charge in [0, 0.05) is 17.0 Å². The quantitative estimate of drug-likeness (QED) is 0.362. The Balaban J connectivity index is 2.14. The van der Waals surface area contributed by atoms with Crippen LogP contribution in [0, 0.1) is 10.1 Å². The molecular weight excluding hydrogens is 429 g/mol. The number of halogens is 3. The average molecular weight is 440 g/mol. The molecule has 30 heavy (non-hydrogen) atoms. The Morgan fingerprint density at radius 1 is 1.00 bits per heavy atom. The molecule has 0 bridgehead atoms. The van der Waals surface area contributed by atoms with Crippen molar-refractivity contribution in [3.63, 3.8) is 0 Å². The Labute approximate surface area is 167 Å². The van der Waals surface area contributed by atoms with Crippen LogP contribution in [0.2, 0.25) is 0 Å². The number of fused-ring (bicyclic) bond motifs is 1. The van der Waals surface area contributed by atoms with E-state index in [0.717, 1.165) is 30.3 Å². The standard InChI is InChI=1S/C18H11F3N2O6S/c19-18(20,21)17(13-9-10-15(24)12-6-2-1-5-11(12)13)22-29-30(27,28)16-8-4-3-7-14(16)23(25)26/h1-10,24H. The number of hydrogen-bond donors (Lipinski definition) is 1. The van der Waals surface area contributed by atoms with Gasteiger partial charge >= 0.3 is 16.3 Å². The summed E-state index contributed by atoms with van der Waals surface area (Å²) in [5.74, 6) is -0.288. The van der Waals surface area contributed by atoms with Gasteiger partial charge in [0.05, 0.1) is 4.92 Å². The molecule has 12 heteroatoms. The van der Waals surface area contributed by atoms with Gasteiger partial charge in [0.2, 0.25) is 0 Å². The van der Waals surface area contributed by atoms with Crippen LogP contribution >= 0.6 is 0 Å². The predicted molar refractivity (Wildman–Crippen MR) is 99.6 cm³/mol. The maximum atomic E-state index is 13.6. The molecule has 1 N–H and O–H groups in total. The number of phenols is 1. The molecule has 8 nitrogen and oxygen atoms in total. The molecule has 0 amide bonds. The van der Waals surface area contributed by atoms with E-state index < -0.39 is 43.1 Å². The minimum Gasteiger partial charge on any atom is -0.507 e. The molecule has 0 fully saturated rings. The number of benzene rings is 3. The van der Waals surface area contributed by atoms with Crippen LogP contribution in [0.3, 0.4) is 0 Å². The van der Waals surface area contributed by atoms with Gasteiger partial charge in [-0.15, -0.1) is 0 Å². The first-order valence-electron chi connectivity index (χ1n) is 8.05. The van der Waals surface area contributed by atoms with Crippen LogP contribution in [0.5, 0.6) is 5.75 Å². The number of aromatic hydroxyl groups is 1. The Morgan fingerprint density at radius 3 is 2.23 bits per heavy atom. The maximum Gasteiger partial charge on any atom is 0.437 e. The van der Waals surface area contributed by atoms with Crippen LogP contribution in [0.15, 0.2) is 70.7 Å². The second-order valence-electron chi connectivity index (χ2n) is 5.87. The Morgan fingerprint density at radius 2 is 1.60 bits per heavy atom. The van der Waals surface area contributed by atoms with Crippen LogP contribution in [0.4, 0.5) is 18.9 Å². The van der Waals surface area contributed by atoms with E-state index >= 15 is 0 Å². The minimum absolute atomic E-state index is 0.0553. The molecule has 0 aliphatic carbocycles. The highest BCUT2D eigenvalue weighted by atomic mass is 32.2. The van der Waals surface area contributed by atoms with Crippen LogP contribution < -0.4 is 0 Å². The van der Waals surface area contributed by atoms with Gasteiger partial charge in [0.25, 0.3) is 5.69 Å². The first-order valence-corrected chi connectivity index (χ1v) is 9.46. The molecule has 0 radical (unpaired) electrons. The number of nitro groups is 1. The summed E-state index contributed by atoms with van der Waals surface area (Å²) in [5.41, 5.74) is -3.12. The summed E-state index contributed by atoms with van der Waals surface area (Å²) >= 11 is 0. The lowest BCUT2D eigenvalue weighted by atomic mass is 10.00. The van der Waals surface area contributed by atoms with Gasteiger partial charge < -0.3 is 5.11 Å². The first kappa shape index (κ1) is 21.0. The smallest absolute Gasteiger partial charge is 0.437 e. The number of nitrogens with zero attached hydrogens (tertiary/aromatic N) is 2. The van der Waals surface area contributed by atoms with Crippen molar-refractivity contribution in [2.24, 2.45) is 5.16 Å². The summed E-state index contributed by atoms with van der Waals surface area (Å²) in [6.45, 7) is 0. The van der Waals surface area contributed by atoms with Gasteiger partial charge in [-0.1, -0.05) is 41.6 Å².